The van der Waals surface area contributed by atoms with Crippen LogP contribution in [-0.4, -0.2) is 16.9 Å². The van der Waals surface area contributed by atoms with Gasteiger partial charge in [0.15, 0.2) is 6.71 Å². The van der Waals surface area contributed by atoms with E-state index in [4.69, 9.17) is 4.42 Å². The Morgan fingerprint density at radius 2 is 1.68 bits per heavy atom. The molecule has 0 radical (unpaired) electrons. The second kappa shape index (κ2) is 10.4. The van der Waals surface area contributed by atoms with Crippen LogP contribution in [0.1, 0.15) is 39.1 Å². The minimum absolute atomic E-state index is 0.518. The highest BCUT2D eigenvalue weighted by Gasteiger charge is 2.10. The molecule has 3 nitrogen and oxygen atoms in total. The normalized spacial score (nSPS) is 8.74. The van der Waals surface area contributed by atoms with E-state index >= 15 is 0 Å². The Bertz CT molecular complexity index is 427. The molecule has 4 heteroatoms. The van der Waals surface area contributed by atoms with Crippen molar-refractivity contribution in [2.24, 2.45) is 0 Å². The van der Waals surface area contributed by atoms with Crippen molar-refractivity contribution < 1.29 is 4.42 Å². The second-order valence-corrected chi connectivity index (χ2v) is 3.86. The van der Waals surface area contributed by atoms with Gasteiger partial charge in [0.2, 0.25) is 12.3 Å². The van der Waals surface area contributed by atoms with Crippen molar-refractivity contribution in [3.63, 3.8) is 0 Å². The molecule has 1 aromatic heterocycles. The standard InChI is InChI=1S/C11H13BN2O.2C2H6/c1-12(2)10-6-4-3-5-9(10)7-11-14-13-8-15-11;2*1-2/h3-6,8H,7H2,1-2H3;2*1-2H3. The average molecular weight is 260 g/mol. The number of aromatic nitrogens is 2. The zero-order valence-corrected chi connectivity index (χ0v) is 13.0. The van der Waals surface area contributed by atoms with Crippen LogP contribution in [0, 0.1) is 0 Å². The minimum Gasteiger partial charge on any atom is -0.428 e. The molecule has 0 saturated heterocycles. The second-order valence-electron chi connectivity index (χ2n) is 3.86. The Morgan fingerprint density at radius 1 is 1.05 bits per heavy atom. The monoisotopic (exact) mass is 260 g/mol. The molecular weight excluding hydrogens is 235 g/mol. The van der Waals surface area contributed by atoms with E-state index in [1.807, 2.05) is 33.8 Å². The van der Waals surface area contributed by atoms with E-state index < -0.39 is 0 Å². The lowest BCUT2D eigenvalue weighted by Gasteiger charge is -2.08. The first-order chi connectivity index (χ1) is 9.27. The third-order valence-corrected chi connectivity index (χ3v) is 2.42. The molecular formula is C15H25BN2O. The maximum absolute atomic E-state index is 5.15. The van der Waals surface area contributed by atoms with Gasteiger partial charge >= 0.3 is 0 Å². The van der Waals surface area contributed by atoms with Gasteiger partial charge in [0.05, 0.1) is 6.42 Å². The smallest absolute Gasteiger partial charge is 0.220 e. The molecule has 0 spiro atoms. The lowest BCUT2D eigenvalue weighted by atomic mass is 9.48. The third kappa shape index (κ3) is 5.73. The predicted molar refractivity (Wildman–Crippen MR) is 83.4 cm³/mol. The number of hydrogen-bond donors (Lipinski definition) is 0. The minimum atomic E-state index is 0.518. The number of hydrogen-bond acceptors (Lipinski definition) is 3. The van der Waals surface area contributed by atoms with Crippen LogP contribution in [-0.2, 0) is 6.42 Å². The van der Waals surface area contributed by atoms with Gasteiger partial charge < -0.3 is 4.42 Å². The lowest BCUT2D eigenvalue weighted by Crippen LogP contribution is -2.26. The Hall–Kier alpha value is -1.58. The van der Waals surface area contributed by atoms with Crippen LogP contribution in [0.25, 0.3) is 0 Å². The maximum Gasteiger partial charge on any atom is 0.220 e. The van der Waals surface area contributed by atoms with E-state index in [9.17, 15) is 0 Å². The zero-order chi connectivity index (χ0) is 14.7. The van der Waals surface area contributed by atoms with E-state index in [0.717, 1.165) is 0 Å². The van der Waals surface area contributed by atoms with Crippen molar-refractivity contribution in [3.05, 3.63) is 42.1 Å². The summed E-state index contributed by atoms with van der Waals surface area (Å²) < 4.78 is 5.15. The highest BCUT2D eigenvalue weighted by molar-refractivity contribution is 6.71. The fraction of sp³-hybridized carbons (Fsp3) is 0.467. The molecule has 0 bridgehead atoms. The first kappa shape index (κ1) is 17.4. The zero-order valence-electron chi connectivity index (χ0n) is 13.0. The van der Waals surface area contributed by atoms with Gasteiger partial charge in [-0.25, -0.2) is 0 Å². The van der Waals surface area contributed by atoms with Gasteiger partial charge in [-0.1, -0.05) is 71.1 Å². The van der Waals surface area contributed by atoms with Crippen LogP contribution in [0.2, 0.25) is 13.6 Å². The van der Waals surface area contributed by atoms with Crippen molar-refractivity contribution in [1.82, 2.24) is 10.2 Å². The average Bonchev–Trinajstić information content (AvgIpc) is 2.96. The van der Waals surface area contributed by atoms with Gasteiger partial charge in [-0.2, -0.15) is 0 Å². The van der Waals surface area contributed by atoms with E-state index in [1.165, 1.54) is 17.4 Å². The summed E-state index contributed by atoms with van der Waals surface area (Å²) in [7, 11) is 0. The van der Waals surface area contributed by atoms with Crippen LogP contribution >= 0.6 is 0 Å². The van der Waals surface area contributed by atoms with Crippen LogP contribution in [0.5, 0.6) is 0 Å². The SMILES string of the molecule is CB(C)c1ccccc1Cc1nnco1.CC.CC. The summed E-state index contributed by atoms with van der Waals surface area (Å²) in [4.78, 5) is 0. The topological polar surface area (TPSA) is 38.9 Å². The van der Waals surface area contributed by atoms with Crippen molar-refractivity contribution in [2.75, 3.05) is 0 Å². The molecule has 0 aliphatic heterocycles. The quantitative estimate of drug-likeness (QED) is 0.790. The molecule has 0 unspecified atom stereocenters. The summed E-state index contributed by atoms with van der Waals surface area (Å²) in [5.74, 6) is 0.670. The molecule has 0 aliphatic rings. The van der Waals surface area contributed by atoms with E-state index in [1.54, 1.807) is 0 Å². The summed E-state index contributed by atoms with van der Waals surface area (Å²) >= 11 is 0. The first-order valence-corrected chi connectivity index (χ1v) is 7.10. The molecule has 0 atom stereocenters. The van der Waals surface area contributed by atoms with Crippen molar-refractivity contribution in [2.45, 2.75) is 47.8 Å². The summed E-state index contributed by atoms with van der Waals surface area (Å²) in [6.07, 6.45) is 2.08. The summed E-state index contributed by atoms with van der Waals surface area (Å²) in [5.41, 5.74) is 2.60. The fourth-order valence-electron chi connectivity index (χ4n) is 1.69. The van der Waals surface area contributed by atoms with Gasteiger partial charge in [-0.3, -0.25) is 0 Å². The predicted octanol–water partition coefficient (Wildman–Crippen LogP) is 3.67. The molecule has 2 rings (SSSR count). The molecule has 0 fully saturated rings. The number of nitrogens with zero attached hydrogens (tertiary/aromatic N) is 2. The molecule has 0 aliphatic carbocycles. The van der Waals surface area contributed by atoms with Gasteiger partial charge in [-0.15, -0.1) is 10.2 Å². The Morgan fingerprint density at radius 3 is 2.21 bits per heavy atom. The van der Waals surface area contributed by atoms with Gasteiger partial charge in [0.25, 0.3) is 0 Å². The Balaban J connectivity index is 0.000000741. The summed E-state index contributed by atoms with van der Waals surface area (Å²) in [6, 6.07) is 8.36. The van der Waals surface area contributed by atoms with Crippen LogP contribution in [0.4, 0.5) is 0 Å². The van der Waals surface area contributed by atoms with Gasteiger partial charge in [0, 0.05) is 0 Å². The van der Waals surface area contributed by atoms with Crippen molar-refractivity contribution >= 4 is 12.2 Å². The summed E-state index contributed by atoms with van der Waals surface area (Å²) in [6.45, 7) is 12.9. The van der Waals surface area contributed by atoms with E-state index in [-0.39, 0.29) is 0 Å². The molecule has 0 amide bonds. The van der Waals surface area contributed by atoms with E-state index in [0.29, 0.717) is 19.0 Å². The lowest BCUT2D eigenvalue weighted by molar-refractivity contribution is 0.505. The maximum atomic E-state index is 5.15. The molecule has 104 valence electrons. The molecule has 0 N–H and O–H groups in total. The van der Waals surface area contributed by atoms with E-state index in [2.05, 4.69) is 42.0 Å². The van der Waals surface area contributed by atoms with Crippen LogP contribution in [0.3, 0.4) is 0 Å². The number of benzene rings is 1. The first-order valence-electron chi connectivity index (χ1n) is 7.10. The molecule has 1 heterocycles. The van der Waals surface area contributed by atoms with Crippen LogP contribution in [0.15, 0.2) is 35.1 Å². The fourth-order valence-corrected chi connectivity index (χ4v) is 1.69. The molecule has 2 aromatic rings. The van der Waals surface area contributed by atoms with Gasteiger partial charge in [-0.05, 0) is 5.56 Å². The summed E-state index contributed by atoms with van der Waals surface area (Å²) in [5, 5.41) is 7.57. The highest BCUT2D eigenvalue weighted by atomic mass is 16.4. The van der Waals surface area contributed by atoms with Crippen molar-refractivity contribution in [1.29, 1.82) is 0 Å². The number of rotatable bonds is 3. The third-order valence-electron chi connectivity index (χ3n) is 2.42. The largest absolute Gasteiger partial charge is 0.428 e. The van der Waals surface area contributed by atoms with Crippen molar-refractivity contribution in [3.8, 4) is 0 Å². The van der Waals surface area contributed by atoms with Gasteiger partial charge in [0.1, 0.15) is 0 Å². The Kier molecular flexibility index (Phi) is 9.50. The highest BCUT2D eigenvalue weighted by Crippen LogP contribution is 2.05. The molecule has 0 saturated carbocycles. The molecule has 1 aromatic carbocycles. The Labute approximate surface area is 117 Å². The molecule has 19 heavy (non-hydrogen) atoms. The van der Waals surface area contributed by atoms with Crippen LogP contribution < -0.4 is 5.46 Å².